The number of ether oxygens (including phenoxy) is 1. The summed E-state index contributed by atoms with van der Waals surface area (Å²) in [4.78, 5) is 16.8. The van der Waals surface area contributed by atoms with Crippen molar-refractivity contribution in [3.8, 4) is 16.9 Å². The van der Waals surface area contributed by atoms with Crippen molar-refractivity contribution in [3.05, 3.63) is 231 Å². The highest BCUT2D eigenvalue weighted by Crippen LogP contribution is 2.31. The van der Waals surface area contributed by atoms with Crippen molar-refractivity contribution in [3.63, 3.8) is 0 Å². The quantitative estimate of drug-likeness (QED) is 0.0275. The van der Waals surface area contributed by atoms with E-state index in [1.165, 1.54) is 6.20 Å². The van der Waals surface area contributed by atoms with E-state index in [0.717, 1.165) is 16.7 Å². The standard InChI is InChI=1S/C24BF20.C24H19N2O2/c26-5-1(6(27)14(35)21(42)13(5)34)25(2-7(28)15(36)22(43)16(37)8(2)29,3-9(30)17(38)23(44)18(39)10(3)31)4-11(32)19(40)24(45)20(41)12(4)33;27-24(23-17-25-15-16-26(23)18-19-7-3-1-4-8-19)28-22-13-11-21(12-14-22)20-9-5-2-6-10-20/h;1-17H,18H2/q-1;+1. The van der Waals surface area contributed by atoms with Gasteiger partial charge in [-0.25, -0.2) is 92.6 Å². The molecule has 1 aromatic heterocycles. The predicted octanol–water partition coefficient (Wildman–Crippen LogP) is 10.1. The Labute approximate surface area is 394 Å². The zero-order chi connectivity index (χ0) is 53.5. The first-order valence-electron chi connectivity index (χ1n) is 20.0. The lowest BCUT2D eigenvalue weighted by Gasteiger charge is -2.44. The number of hydrogen-bond acceptors (Lipinski definition) is 3. The van der Waals surface area contributed by atoms with E-state index in [0.29, 0.717) is 18.0 Å². The van der Waals surface area contributed by atoms with Crippen LogP contribution in [0, 0.1) is 116 Å². The number of esters is 1. The summed E-state index contributed by atoms with van der Waals surface area (Å²) >= 11 is 0. The first kappa shape index (κ1) is 52.6. The van der Waals surface area contributed by atoms with Crippen LogP contribution < -0.4 is 31.2 Å². The number of hydrogen-bond donors (Lipinski definition) is 0. The van der Waals surface area contributed by atoms with Crippen LogP contribution in [0.3, 0.4) is 0 Å². The van der Waals surface area contributed by atoms with Crippen LogP contribution in [0.25, 0.3) is 11.1 Å². The van der Waals surface area contributed by atoms with Crippen molar-refractivity contribution >= 4 is 34.0 Å². The van der Waals surface area contributed by atoms with Gasteiger partial charge in [0.2, 0.25) is 0 Å². The third-order valence-electron chi connectivity index (χ3n) is 11.1. The average molecular weight is 1050 g/mol. The number of rotatable bonds is 9. The number of benzene rings is 7. The number of carbonyl (C=O) groups is 1. The van der Waals surface area contributed by atoms with Crippen LogP contribution in [0.5, 0.6) is 5.75 Å². The minimum Gasteiger partial charge on any atom is -0.419 e. The molecule has 73 heavy (non-hydrogen) atoms. The molecule has 0 bridgehead atoms. The molecule has 4 nitrogen and oxygen atoms in total. The first-order valence-corrected chi connectivity index (χ1v) is 20.0. The molecule has 0 saturated carbocycles. The topological polar surface area (TPSA) is 43.1 Å². The minimum absolute atomic E-state index is 0.401. The predicted molar refractivity (Wildman–Crippen MR) is 216 cm³/mol. The molecule has 0 fully saturated rings. The van der Waals surface area contributed by atoms with Gasteiger partial charge in [-0.2, -0.15) is 4.57 Å². The largest absolute Gasteiger partial charge is 0.419 e. The normalized spacial score (nSPS) is 11.4. The molecule has 8 aromatic rings. The fraction of sp³-hybridized carbons (Fsp3) is 0.0208. The lowest BCUT2D eigenvalue weighted by Crippen LogP contribution is -2.81. The molecule has 0 saturated heterocycles. The Morgan fingerprint density at radius 3 is 1.04 bits per heavy atom. The second kappa shape index (κ2) is 20.5. The molecular weight excluding hydrogens is 1030 g/mol. The van der Waals surface area contributed by atoms with Gasteiger partial charge in [0.1, 0.15) is 64.6 Å². The van der Waals surface area contributed by atoms with E-state index < -0.39 is 150 Å². The van der Waals surface area contributed by atoms with E-state index in [1.54, 1.807) is 24.5 Å². The van der Waals surface area contributed by atoms with Crippen LogP contribution in [-0.2, 0) is 6.54 Å². The maximum absolute atomic E-state index is 15.4. The Bertz CT molecular complexity index is 3100. The Kier molecular flexibility index (Phi) is 14.7. The van der Waals surface area contributed by atoms with Gasteiger partial charge in [0.15, 0.2) is 82.5 Å². The molecule has 0 aliphatic carbocycles. The van der Waals surface area contributed by atoms with Gasteiger partial charge in [0.05, 0.1) is 6.20 Å². The molecule has 0 aliphatic heterocycles. The number of nitrogens with zero attached hydrogens (tertiary/aromatic N) is 2. The van der Waals surface area contributed by atoms with E-state index in [1.807, 2.05) is 77.4 Å². The van der Waals surface area contributed by atoms with E-state index in [9.17, 15) is 57.5 Å². The first-order chi connectivity index (χ1) is 34.5. The second-order valence-electron chi connectivity index (χ2n) is 15.2. The van der Waals surface area contributed by atoms with Crippen molar-refractivity contribution in [1.29, 1.82) is 0 Å². The summed E-state index contributed by atoms with van der Waals surface area (Å²) < 4.78 is 301. The fourth-order valence-corrected chi connectivity index (χ4v) is 7.85. The van der Waals surface area contributed by atoms with Gasteiger partial charge >= 0.3 is 11.7 Å². The van der Waals surface area contributed by atoms with E-state index >= 15 is 35.1 Å². The van der Waals surface area contributed by atoms with Crippen LogP contribution in [0.15, 0.2) is 104 Å². The molecule has 0 N–H and O–H groups in total. The van der Waals surface area contributed by atoms with Gasteiger partial charge in [-0.1, -0.05) is 72.8 Å². The zero-order valence-electron chi connectivity index (χ0n) is 35.4. The molecular formula is C48H19BF20N2O2. The fourth-order valence-electron chi connectivity index (χ4n) is 7.85. The highest BCUT2D eigenvalue weighted by atomic mass is 19.2. The van der Waals surface area contributed by atoms with Crippen LogP contribution in [0.1, 0.15) is 16.1 Å². The molecule has 1 heterocycles. The van der Waals surface area contributed by atoms with Crippen LogP contribution in [0.4, 0.5) is 87.8 Å². The SMILES string of the molecule is Fc1c(F)c(F)c([B-](c2c(F)c(F)c(F)c(F)c2F)(c2c(F)c(F)c(F)c(F)c2F)c2c(F)c(F)c(F)c(F)c2F)c(F)c1F.O=C(Oc1ccc(-c2ccccc2)cc1)c1cncc[n+]1Cc1ccccc1. The third kappa shape index (κ3) is 8.96. The molecule has 8 rings (SSSR count). The van der Waals surface area contributed by atoms with Gasteiger partial charge in [-0.3, -0.25) is 4.98 Å². The number of carbonyl (C=O) groups excluding carboxylic acids is 1. The zero-order valence-corrected chi connectivity index (χ0v) is 35.4. The van der Waals surface area contributed by atoms with Gasteiger partial charge < -0.3 is 4.74 Å². The Morgan fingerprint density at radius 2 is 0.699 bits per heavy atom. The smallest absolute Gasteiger partial charge is 0.410 e. The van der Waals surface area contributed by atoms with E-state index in [-0.39, 0.29) is 0 Å². The molecule has 0 amide bonds. The monoisotopic (exact) mass is 1050 g/mol. The van der Waals surface area contributed by atoms with E-state index in [4.69, 9.17) is 4.74 Å². The lowest BCUT2D eigenvalue weighted by molar-refractivity contribution is -0.691. The van der Waals surface area contributed by atoms with Gasteiger partial charge in [0.25, 0.3) is 0 Å². The third-order valence-corrected chi connectivity index (χ3v) is 11.1. The summed E-state index contributed by atoms with van der Waals surface area (Å²) in [7, 11) is 0. The summed E-state index contributed by atoms with van der Waals surface area (Å²) in [6, 6.07) is 27.5. The van der Waals surface area contributed by atoms with Crippen LogP contribution in [-0.4, -0.2) is 17.1 Å². The summed E-state index contributed by atoms with van der Waals surface area (Å²) in [5.41, 5.74) is -10.6. The summed E-state index contributed by atoms with van der Waals surface area (Å²) in [6.07, 6.45) is -2.24. The Hall–Kier alpha value is -8.25. The van der Waals surface area contributed by atoms with Crippen molar-refractivity contribution < 1.29 is 102 Å². The maximum Gasteiger partial charge on any atom is 0.410 e. The molecule has 0 aliphatic rings. The lowest BCUT2D eigenvalue weighted by atomic mass is 9.12. The van der Waals surface area contributed by atoms with Crippen molar-refractivity contribution in [2.75, 3.05) is 0 Å². The Morgan fingerprint density at radius 1 is 0.397 bits per heavy atom. The highest BCUT2D eigenvalue weighted by molar-refractivity contribution is 7.20. The molecule has 0 radical (unpaired) electrons. The summed E-state index contributed by atoms with van der Waals surface area (Å²) in [6.45, 7) is 0.570. The second-order valence-corrected chi connectivity index (χ2v) is 15.2. The van der Waals surface area contributed by atoms with Crippen LogP contribution in [0.2, 0.25) is 0 Å². The van der Waals surface area contributed by atoms with Gasteiger partial charge in [-0.05, 0) is 23.3 Å². The van der Waals surface area contributed by atoms with Gasteiger partial charge in [0, 0.05) is 5.56 Å². The van der Waals surface area contributed by atoms with Crippen molar-refractivity contribution in [1.82, 2.24) is 4.98 Å². The van der Waals surface area contributed by atoms with Gasteiger partial charge in [-0.15, -0.1) is 21.9 Å². The summed E-state index contributed by atoms with van der Waals surface area (Å²) in [5.74, 6) is -71.3. The van der Waals surface area contributed by atoms with Crippen molar-refractivity contribution in [2.24, 2.45) is 0 Å². The molecule has 0 unspecified atom stereocenters. The molecule has 376 valence electrons. The Balaban J connectivity index is 0.000000237. The molecule has 25 heteroatoms. The minimum atomic E-state index is -7.22. The molecule has 7 aromatic carbocycles. The van der Waals surface area contributed by atoms with E-state index in [2.05, 4.69) is 4.98 Å². The average Bonchev–Trinajstić information content (AvgIpc) is 3.39. The molecule has 0 spiro atoms. The molecule has 0 atom stereocenters. The number of aromatic nitrogens is 2. The number of halogens is 20. The van der Waals surface area contributed by atoms with Crippen molar-refractivity contribution in [2.45, 2.75) is 6.54 Å². The highest BCUT2D eigenvalue weighted by Gasteiger charge is 2.52. The maximum atomic E-state index is 15.4. The van der Waals surface area contributed by atoms with Crippen LogP contribution >= 0.6 is 0 Å². The summed E-state index contributed by atoms with van der Waals surface area (Å²) in [5, 5.41) is 0.